The smallest absolute Gasteiger partial charge is 0.0209 e. The summed E-state index contributed by atoms with van der Waals surface area (Å²) >= 11 is 0. The molecule has 1 saturated heterocycles. The number of nitrogens with one attached hydrogen (secondary N) is 1. The Hall–Kier alpha value is -0.0800. The first-order valence-electron chi connectivity index (χ1n) is 6.17. The van der Waals surface area contributed by atoms with Gasteiger partial charge in [-0.25, -0.2) is 0 Å². The predicted octanol–water partition coefficient (Wildman–Crippen LogP) is 2.25. The summed E-state index contributed by atoms with van der Waals surface area (Å²) in [4.78, 5) is 2.41. The molecule has 2 atom stereocenters. The van der Waals surface area contributed by atoms with Gasteiger partial charge in [-0.1, -0.05) is 26.2 Å². The summed E-state index contributed by atoms with van der Waals surface area (Å²) < 4.78 is 0. The van der Waals surface area contributed by atoms with E-state index in [4.69, 9.17) is 0 Å². The van der Waals surface area contributed by atoms with Crippen molar-refractivity contribution in [2.45, 2.75) is 58.0 Å². The van der Waals surface area contributed by atoms with Crippen LogP contribution in [0.5, 0.6) is 0 Å². The summed E-state index contributed by atoms with van der Waals surface area (Å²) in [6, 6.07) is 1.45. The van der Waals surface area contributed by atoms with Crippen molar-refractivity contribution in [3.05, 3.63) is 0 Å². The lowest BCUT2D eigenvalue weighted by Gasteiger charge is -2.19. The largest absolute Gasteiger partial charge is 0.310 e. The van der Waals surface area contributed by atoms with Crippen LogP contribution in [0.3, 0.4) is 0 Å². The fourth-order valence-electron chi connectivity index (χ4n) is 2.26. The van der Waals surface area contributed by atoms with E-state index in [1.807, 2.05) is 0 Å². The number of rotatable bonds is 6. The maximum atomic E-state index is 3.73. The maximum Gasteiger partial charge on any atom is 0.0209 e. The molecule has 1 aliphatic heterocycles. The predicted molar refractivity (Wildman–Crippen MR) is 62.6 cm³/mol. The molecule has 0 spiro atoms. The quantitative estimate of drug-likeness (QED) is 0.659. The molecule has 1 fully saturated rings. The highest BCUT2D eigenvalue weighted by molar-refractivity contribution is 4.80. The Balaban J connectivity index is 2.05. The normalized spacial score (nSPS) is 25.5. The molecule has 0 aromatic rings. The molecule has 0 radical (unpaired) electrons. The molecule has 2 nitrogen and oxygen atoms in total. The topological polar surface area (TPSA) is 15.3 Å². The molecule has 84 valence electrons. The highest BCUT2D eigenvalue weighted by atomic mass is 15.2. The van der Waals surface area contributed by atoms with Crippen LogP contribution in [0.1, 0.15) is 46.0 Å². The number of likely N-dealkylation sites (tertiary alicyclic amines) is 1. The van der Waals surface area contributed by atoms with Gasteiger partial charge in [0.1, 0.15) is 0 Å². The standard InChI is InChI=1S/C12H26N2/c1-4-5-6-7-11(2)13-12-8-9-14(3)10-12/h11-13H,4-10H2,1-3H3/t11-,12+/m1/s1. The Bertz CT molecular complexity index is 147. The monoisotopic (exact) mass is 198 g/mol. The van der Waals surface area contributed by atoms with Crippen molar-refractivity contribution in [2.24, 2.45) is 0 Å². The van der Waals surface area contributed by atoms with Crippen molar-refractivity contribution >= 4 is 0 Å². The minimum absolute atomic E-state index is 0.707. The van der Waals surface area contributed by atoms with E-state index < -0.39 is 0 Å². The van der Waals surface area contributed by atoms with Crippen LogP contribution in [0.25, 0.3) is 0 Å². The summed E-state index contributed by atoms with van der Waals surface area (Å²) in [7, 11) is 2.21. The zero-order valence-corrected chi connectivity index (χ0v) is 10.1. The summed E-state index contributed by atoms with van der Waals surface area (Å²) in [6.45, 7) is 7.09. The Morgan fingerprint density at radius 3 is 2.79 bits per heavy atom. The Morgan fingerprint density at radius 1 is 1.43 bits per heavy atom. The molecular weight excluding hydrogens is 172 g/mol. The van der Waals surface area contributed by atoms with Gasteiger partial charge in [0.25, 0.3) is 0 Å². The number of nitrogens with zero attached hydrogens (tertiary/aromatic N) is 1. The van der Waals surface area contributed by atoms with Gasteiger partial charge in [-0.05, 0) is 33.4 Å². The first-order valence-corrected chi connectivity index (χ1v) is 6.17. The van der Waals surface area contributed by atoms with E-state index in [0.717, 1.165) is 6.04 Å². The van der Waals surface area contributed by atoms with Gasteiger partial charge >= 0.3 is 0 Å². The Labute approximate surface area is 89.1 Å². The SMILES string of the molecule is CCCCC[C@@H](C)N[C@H]1CCN(C)C1. The second-order valence-electron chi connectivity index (χ2n) is 4.81. The van der Waals surface area contributed by atoms with Crippen molar-refractivity contribution in [3.63, 3.8) is 0 Å². The second kappa shape index (κ2) is 6.41. The molecule has 0 aliphatic carbocycles. The van der Waals surface area contributed by atoms with Crippen molar-refractivity contribution in [2.75, 3.05) is 20.1 Å². The Morgan fingerprint density at radius 2 is 2.21 bits per heavy atom. The van der Waals surface area contributed by atoms with Gasteiger partial charge in [-0.15, -0.1) is 0 Å². The third-order valence-electron chi connectivity index (χ3n) is 3.15. The molecule has 0 bridgehead atoms. The van der Waals surface area contributed by atoms with Gasteiger partial charge in [0.05, 0.1) is 0 Å². The molecule has 1 N–H and O–H groups in total. The molecule has 0 amide bonds. The molecule has 0 aromatic heterocycles. The van der Waals surface area contributed by atoms with Gasteiger partial charge in [-0.3, -0.25) is 0 Å². The number of hydrogen-bond acceptors (Lipinski definition) is 2. The highest BCUT2D eigenvalue weighted by Crippen LogP contribution is 2.09. The molecule has 1 aliphatic rings. The Kier molecular flexibility index (Phi) is 5.49. The van der Waals surface area contributed by atoms with Gasteiger partial charge in [0.15, 0.2) is 0 Å². The van der Waals surface area contributed by atoms with E-state index in [1.54, 1.807) is 0 Å². The van der Waals surface area contributed by atoms with Crippen LogP contribution in [-0.4, -0.2) is 37.1 Å². The van der Waals surface area contributed by atoms with Gasteiger partial charge < -0.3 is 10.2 Å². The second-order valence-corrected chi connectivity index (χ2v) is 4.81. The van der Waals surface area contributed by atoms with Crippen LogP contribution in [0.15, 0.2) is 0 Å². The lowest BCUT2D eigenvalue weighted by atomic mass is 10.1. The molecule has 2 heteroatoms. The minimum atomic E-state index is 0.707. The fourth-order valence-corrected chi connectivity index (χ4v) is 2.26. The maximum absolute atomic E-state index is 3.73. The van der Waals surface area contributed by atoms with E-state index in [9.17, 15) is 0 Å². The molecule has 1 rings (SSSR count). The summed E-state index contributed by atoms with van der Waals surface area (Å²) in [5.41, 5.74) is 0. The number of hydrogen-bond donors (Lipinski definition) is 1. The molecular formula is C12H26N2. The molecule has 0 aromatic carbocycles. The highest BCUT2D eigenvalue weighted by Gasteiger charge is 2.20. The number of likely N-dealkylation sites (N-methyl/N-ethyl adjacent to an activating group) is 1. The molecule has 0 unspecified atom stereocenters. The van der Waals surface area contributed by atoms with Crippen LogP contribution in [0.4, 0.5) is 0 Å². The summed E-state index contributed by atoms with van der Waals surface area (Å²) in [5, 5.41) is 3.73. The van der Waals surface area contributed by atoms with Crippen molar-refractivity contribution in [1.29, 1.82) is 0 Å². The van der Waals surface area contributed by atoms with Crippen LogP contribution in [-0.2, 0) is 0 Å². The molecule has 14 heavy (non-hydrogen) atoms. The fraction of sp³-hybridized carbons (Fsp3) is 1.00. The van der Waals surface area contributed by atoms with Crippen LogP contribution in [0.2, 0.25) is 0 Å². The van der Waals surface area contributed by atoms with Crippen LogP contribution >= 0.6 is 0 Å². The number of unbranched alkanes of at least 4 members (excludes halogenated alkanes) is 2. The van der Waals surface area contributed by atoms with E-state index in [0.29, 0.717) is 6.04 Å². The lowest BCUT2D eigenvalue weighted by molar-refractivity contribution is 0.376. The third-order valence-corrected chi connectivity index (χ3v) is 3.15. The average Bonchev–Trinajstić information content (AvgIpc) is 2.52. The van der Waals surface area contributed by atoms with Crippen molar-refractivity contribution < 1.29 is 0 Å². The van der Waals surface area contributed by atoms with E-state index in [2.05, 4.69) is 31.1 Å². The minimum Gasteiger partial charge on any atom is -0.310 e. The van der Waals surface area contributed by atoms with E-state index in [-0.39, 0.29) is 0 Å². The van der Waals surface area contributed by atoms with Gasteiger partial charge in [-0.2, -0.15) is 0 Å². The van der Waals surface area contributed by atoms with Crippen molar-refractivity contribution in [3.8, 4) is 0 Å². The first kappa shape index (κ1) is 12.0. The van der Waals surface area contributed by atoms with Gasteiger partial charge in [0, 0.05) is 18.6 Å². The lowest BCUT2D eigenvalue weighted by Crippen LogP contribution is -2.38. The third kappa shape index (κ3) is 4.43. The van der Waals surface area contributed by atoms with Gasteiger partial charge in [0.2, 0.25) is 0 Å². The molecule has 1 heterocycles. The van der Waals surface area contributed by atoms with Crippen LogP contribution < -0.4 is 5.32 Å². The summed E-state index contributed by atoms with van der Waals surface area (Å²) in [6.07, 6.45) is 6.77. The van der Waals surface area contributed by atoms with E-state index >= 15 is 0 Å². The molecule has 0 saturated carbocycles. The van der Waals surface area contributed by atoms with Crippen molar-refractivity contribution in [1.82, 2.24) is 10.2 Å². The summed E-state index contributed by atoms with van der Waals surface area (Å²) in [5.74, 6) is 0. The average molecular weight is 198 g/mol. The zero-order chi connectivity index (χ0) is 10.4. The van der Waals surface area contributed by atoms with E-state index in [1.165, 1.54) is 45.2 Å². The first-order chi connectivity index (χ1) is 6.72. The van der Waals surface area contributed by atoms with Crippen LogP contribution in [0, 0.1) is 0 Å². The zero-order valence-electron chi connectivity index (χ0n) is 10.1.